The van der Waals surface area contributed by atoms with Gasteiger partial charge in [0.15, 0.2) is 5.78 Å². The number of carbonyl (C=O) groups excluding carboxylic acids is 2. The number of hydrogen-bond acceptors (Lipinski definition) is 5. The fourth-order valence-corrected chi connectivity index (χ4v) is 7.01. The Morgan fingerprint density at radius 3 is 1.83 bits per heavy atom. The van der Waals surface area contributed by atoms with E-state index >= 15 is 0 Å². The Morgan fingerprint density at radius 1 is 0.652 bits per heavy atom. The molecule has 0 saturated carbocycles. The lowest BCUT2D eigenvalue weighted by atomic mass is 9.83. The number of ether oxygens (including phenoxy) is 2. The summed E-state index contributed by atoms with van der Waals surface area (Å²) in [6.45, 7) is 0.0501. The van der Waals surface area contributed by atoms with E-state index in [1.165, 1.54) is 0 Å². The SMILES string of the molecule is O=C(C[C@H]1c2ccccc2[C@@H](OCc2ccccc2)[C@H](CO)N1C(=O)OCC1c2ccccc2-c2ccccc21)c1ccccc1. The van der Waals surface area contributed by atoms with Crippen molar-refractivity contribution in [1.29, 1.82) is 0 Å². The molecule has 0 unspecified atom stereocenters. The third-order valence-electron chi connectivity index (χ3n) is 9.18. The van der Waals surface area contributed by atoms with Crippen LogP contribution in [0.2, 0.25) is 0 Å². The fourth-order valence-electron chi connectivity index (χ4n) is 7.01. The predicted octanol–water partition coefficient (Wildman–Crippen LogP) is 7.88. The Kier molecular flexibility index (Phi) is 8.47. The predicted molar refractivity (Wildman–Crippen MR) is 176 cm³/mol. The number of ketones is 1. The van der Waals surface area contributed by atoms with E-state index in [9.17, 15) is 14.7 Å². The largest absolute Gasteiger partial charge is 0.448 e. The molecule has 1 amide bonds. The molecule has 1 N–H and O–H groups in total. The van der Waals surface area contributed by atoms with Gasteiger partial charge in [-0.05, 0) is 38.9 Å². The van der Waals surface area contributed by atoms with Gasteiger partial charge in [0, 0.05) is 17.9 Å². The minimum Gasteiger partial charge on any atom is -0.448 e. The number of rotatable bonds is 9. The van der Waals surface area contributed by atoms with Crippen LogP contribution in [0.5, 0.6) is 0 Å². The molecule has 0 saturated heterocycles. The van der Waals surface area contributed by atoms with Gasteiger partial charge in [-0.3, -0.25) is 9.69 Å². The van der Waals surface area contributed by atoms with E-state index in [2.05, 4.69) is 24.3 Å². The molecule has 3 atom stereocenters. The van der Waals surface area contributed by atoms with Crippen LogP contribution in [-0.2, 0) is 16.1 Å². The van der Waals surface area contributed by atoms with Gasteiger partial charge in [-0.15, -0.1) is 0 Å². The quantitative estimate of drug-likeness (QED) is 0.172. The molecule has 6 nitrogen and oxygen atoms in total. The van der Waals surface area contributed by atoms with Crippen molar-refractivity contribution in [3.8, 4) is 11.1 Å². The smallest absolute Gasteiger partial charge is 0.410 e. The van der Waals surface area contributed by atoms with Crippen LogP contribution in [0.15, 0.2) is 133 Å². The van der Waals surface area contributed by atoms with Crippen molar-refractivity contribution in [3.05, 3.63) is 167 Å². The van der Waals surface area contributed by atoms with Gasteiger partial charge in [-0.2, -0.15) is 0 Å². The molecule has 1 heterocycles. The Bertz CT molecular complexity index is 1790. The molecule has 2 aliphatic rings. The minimum absolute atomic E-state index is 0.0348. The van der Waals surface area contributed by atoms with Crippen LogP contribution in [0.3, 0.4) is 0 Å². The zero-order valence-electron chi connectivity index (χ0n) is 25.4. The second-order valence-electron chi connectivity index (χ2n) is 11.8. The molecule has 0 spiro atoms. The number of nitrogens with zero attached hydrogens (tertiary/aromatic N) is 1. The highest BCUT2D eigenvalue weighted by Crippen LogP contribution is 2.46. The Labute approximate surface area is 268 Å². The van der Waals surface area contributed by atoms with Gasteiger partial charge >= 0.3 is 6.09 Å². The van der Waals surface area contributed by atoms with Crippen LogP contribution < -0.4 is 0 Å². The average molecular weight is 610 g/mol. The van der Waals surface area contributed by atoms with Crippen molar-refractivity contribution < 1.29 is 24.2 Å². The van der Waals surface area contributed by atoms with E-state index in [0.29, 0.717) is 12.2 Å². The summed E-state index contributed by atoms with van der Waals surface area (Å²) in [6, 6.07) is 41.6. The van der Waals surface area contributed by atoms with Crippen molar-refractivity contribution in [3.63, 3.8) is 0 Å². The van der Waals surface area contributed by atoms with Gasteiger partial charge < -0.3 is 14.6 Å². The second-order valence-corrected chi connectivity index (χ2v) is 11.8. The highest BCUT2D eigenvalue weighted by Gasteiger charge is 2.45. The molecule has 0 radical (unpaired) electrons. The monoisotopic (exact) mass is 609 g/mol. The highest BCUT2D eigenvalue weighted by molar-refractivity contribution is 5.96. The number of aliphatic hydroxyl groups is 1. The van der Waals surface area contributed by atoms with Gasteiger partial charge in [0.05, 0.1) is 25.3 Å². The number of fused-ring (bicyclic) bond motifs is 4. The summed E-state index contributed by atoms with van der Waals surface area (Å²) >= 11 is 0. The maximum Gasteiger partial charge on any atom is 0.410 e. The maximum absolute atomic E-state index is 14.3. The van der Waals surface area contributed by atoms with Crippen LogP contribution in [-0.4, -0.2) is 41.1 Å². The molecule has 1 aliphatic carbocycles. The minimum atomic E-state index is -0.775. The summed E-state index contributed by atoms with van der Waals surface area (Å²) in [4.78, 5) is 29.5. The Morgan fingerprint density at radius 2 is 1.20 bits per heavy atom. The number of aliphatic hydroxyl groups excluding tert-OH is 1. The summed E-state index contributed by atoms with van der Waals surface area (Å²) in [5.41, 5.74) is 7.70. The Balaban J connectivity index is 1.23. The van der Waals surface area contributed by atoms with Gasteiger partial charge in [0.2, 0.25) is 0 Å². The molecule has 1 aliphatic heterocycles. The van der Waals surface area contributed by atoms with Gasteiger partial charge in [0.25, 0.3) is 0 Å². The van der Waals surface area contributed by atoms with Crippen LogP contribution in [0, 0.1) is 0 Å². The topological polar surface area (TPSA) is 76.1 Å². The van der Waals surface area contributed by atoms with E-state index in [-0.39, 0.29) is 31.3 Å². The number of benzene rings is 5. The number of amides is 1. The van der Waals surface area contributed by atoms with Crippen molar-refractivity contribution in [2.45, 2.75) is 37.1 Å². The van der Waals surface area contributed by atoms with Crippen molar-refractivity contribution in [2.75, 3.05) is 13.2 Å². The molecule has 0 bridgehead atoms. The Hall–Kier alpha value is -5.04. The molecular weight excluding hydrogens is 574 g/mol. The molecule has 230 valence electrons. The molecule has 0 aromatic heterocycles. The number of hydrogen-bond donors (Lipinski definition) is 1. The molecule has 7 rings (SSSR count). The molecule has 46 heavy (non-hydrogen) atoms. The summed E-state index contributed by atoms with van der Waals surface area (Å²) < 4.78 is 12.7. The van der Waals surface area contributed by atoms with Crippen LogP contribution in [0.4, 0.5) is 4.79 Å². The first-order valence-corrected chi connectivity index (χ1v) is 15.7. The lowest BCUT2D eigenvalue weighted by Crippen LogP contribution is -2.52. The van der Waals surface area contributed by atoms with E-state index in [4.69, 9.17) is 9.47 Å². The number of Topliss-reactive ketones (excluding diaryl/α,β-unsaturated/α-hetero) is 1. The normalized spacial score (nSPS) is 18.4. The summed E-state index contributed by atoms with van der Waals surface area (Å²) in [5, 5.41) is 10.9. The molecule has 0 fully saturated rings. The van der Waals surface area contributed by atoms with Crippen LogP contribution >= 0.6 is 0 Å². The average Bonchev–Trinajstić information content (AvgIpc) is 3.44. The van der Waals surface area contributed by atoms with Gasteiger partial charge in [-0.25, -0.2) is 4.79 Å². The third-order valence-corrected chi connectivity index (χ3v) is 9.18. The molecule has 5 aromatic carbocycles. The van der Waals surface area contributed by atoms with Crippen LogP contribution in [0.1, 0.15) is 62.7 Å². The summed E-state index contributed by atoms with van der Waals surface area (Å²) in [6.07, 6.45) is -1.19. The summed E-state index contributed by atoms with van der Waals surface area (Å²) in [7, 11) is 0. The van der Waals surface area contributed by atoms with Gasteiger partial charge in [0.1, 0.15) is 12.7 Å². The van der Waals surface area contributed by atoms with E-state index in [0.717, 1.165) is 38.9 Å². The molecule has 6 heteroatoms. The highest BCUT2D eigenvalue weighted by atomic mass is 16.6. The van der Waals surface area contributed by atoms with E-state index in [1.807, 2.05) is 97.1 Å². The zero-order chi connectivity index (χ0) is 31.5. The van der Waals surface area contributed by atoms with Crippen LogP contribution in [0.25, 0.3) is 11.1 Å². The third kappa shape index (κ3) is 5.62. The first-order chi connectivity index (χ1) is 22.6. The number of carbonyl (C=O) groups is 2. The van der Waals surface area contributed by atoms with Crippen molar-refractivity contribution >= 4 is 11.9 Å². The first kappa shape index (κ1) is 29.7. The van der Waals surface area contributed by atoms with Crippen molar-refractivity contribution in [1.82, 2.24) is 4.90 Å². The lowest BCUT2D eigenvalue weighted by Gasteiger charge is -2.45. The maximum atomic E-state index is 14.3. The second kappa shape index (κ2) is 13.1. The standard InChI is InChI=1S/C40H35NO5/c42-24-37-39(45-25-27-13-3-1-4-14-27)34-22-12-11-21-33(34)36(23-38(43)28-15-5-2-6-16-28)41(37)40(44)46-26-35-31-19-9-7-17-29(31)30-18-8-10-20-32(30)35/h1-22,35-37,39,42H,23-26H2/t36-,37-,39+/m0/s1. The van der Waals surface area contributed by atoms with E-state index < -0.39 is 24.3 Å². The lowest BCUT2D eigenvalue weighted by molar-refractivity contribution is -0.0650. The van der Waals surface area contributed by atoms with E-state index in [1.54, 1.807) is 17.0 Å². The molecule has 5 aromatic rings. The van der Waals surface area contributed by atoms with Gasteiger partial charge in [-0.1, -0.05) is 133 Å². The first-order valence-electron chi connectivity index (χ1n) is 15.7. The summed E-state index contributed by atoms with van der Waals surface area (Å²) in [5.74, 6) is -0.229. The zero-order valence-corrected chi connectivity index (χ0v) is 25.4. The molecular formula is C40H35NO5. The fraction of sp³-hybridized carbons (Fsp3) is 0.200. The van der Waals surface area contributed by atoms with Crippen molar-refractivity contribution in [2.24, 2.45) is 0 Å².